The van der Waals surface area contributed by atoms with Gasteiger partial charge >= 0.3 is 0 Å². The van der Waals surface area contributed by atoms with E-state index in [1.807, 2.05) is 50.8 Å². The van der Waals surface area contributed by atoms with E-state index in [9.17, 15) is 4.39 Å². The molecule has 0 radical (unpaired) electrons. The standard InChI is InChI=1S/C25H20FN7S/c1-33(2)13-14-9-15(12-27-11-14)18-3-4-19-23(29-18)24(32-31-19)20-10-17-16(7-8-28-25(17)30-20)21-5-6-22(26)34-21/h3-12H,13H2,1-2H3,(H,28,30)(H,31,32). The minimum atomic E-state index is -0.213. The van der Waals surface area contributed by atoms with Crippen LogP contribution in [-0.2, 0) is 6.54 Å². The average Bonchev–Trinajstić information content (AvgIpc) is 3.55. The lowest BCUT2D eigenvalue weighted by Crippen LogP contribution is -2.10. The second-order valence-electron chi connectivity index (χ2n) is 8.39. The molecule has 6 heterocycles. The molecule has 2 N–H and O–H groups in total. The van der Waals surface area contributed by atoms with Crippen molar-refractivity contribution in [2.75, 3.05) is 14.1 Å². The number of H-pyrrole nitrogens is 2. The van der Waals surface area contributed by atoms with Gasteiger partial charge in [0, 0.05) is 46.5 Å². The Bertz CT molecular complexity index is 1650. The molecule has 0 aromatic carbocycles. The number of hydrogen-bond donors (Lipinski definition) is 2. The van der Waals surface area contributed by atoms with Gasteiger partial charge in [0.1, 0.15) is 16.9 Å². The van der Waals surface area contributed by atoms with Crippen LogP contribution in [0.15, 0.2) is 61.1 Å². The Labute approximate surface area is 198 Å². The van der Waals surface area contributed by atoms with Crippen molar-refractivity contribution >= 4 is 33.4 Å². The molecular weight excluding hydrogens is 449 g/mol. The molecule has 34 heavy (non-hydrogen) atoms. The molecule has 0 unspecified atom stereocenters. The number of nitrogens with zero attached hydrogens (tertiary/aromatic N) is 5. The predicted octanol–water partition coefficient (Wildman–Crippen LogP) is 5.49. The zero-order valence-electron chi connectivity index (χ0n) is 18.5. The third kappa shape index (κ3) is 3.64. The van der Waals surface area contributed by atoms with Crippen molar-refractivity contribution in [2.45, 2.75) is 6.54 Å². The molecule has 0 saturated carbocycles. The topological polar surface area (TPSA) is 86.4 Å². The highest BCUT2D eigenvalue weighted by molar-refractivity contribution is 7.14. The van der Waals surface area contributed by atoms with Crippen molar-refractivity contribution in [3.05, 3.63) is 71.7 Å². The fourth-order valence-electron chi connectivity index (χ4n) is 4.16. The van der Waals surface area contributed by atoms with E-state index >= 15 is 0 Å². The number of thiophene rings is 1. The van der Waals surface area contributed by atoms with Crippen LogP contribution in [0.4, 0.5) is 4.39 Å². The van der Waals surface area contributed by atoms with Crippen molar-refractivity contribution in [2.24, 2.45) is 0 Å². The largest absolute Gasteiger partial charge is 0.338 e. The number of nitrogens with one attached hydrogen (secondary N) is 2. The van der Waals surface area contributed by atoms with E-state index in [0.717, 1.165) is 67.3 Å². The third-order valence-electron chi connectivity index (χ3n) is 5.62. The quantitative estimate of drug-likeness (QED) is 0.349. The van der Waals surface area contributed by atoms with Crippen molar-refractivity contribution in [1.29, 1.82) is 0 Å². The maximum Gasteiger partial charge on any atom is 0.176 e. The maximum atomic E-state index is 13.6. The Balaban J connectivity index is 1.45. The summed E-state index contributed by atoms with van der Waals surface area (Å²) in [7, 11) is 4.06. The summed E-state index contributed by atoms with van der Waals surface area (Å²) in [6, 6.07) is 13.2. The van der Waals surface area contributed by atoms with Crippen molar-refractivity contribution in [3.63, 3.8) is 0 Å². The lowest BCUT2D eigenvalue weighted by Gasteiger charge is -2.10. The van der Waals surface area contributed by atoms with Crippen LogP contribution >= 0.6 is 11.3 Å². The third-order valence-corrected chi connectivity index (χ3v) is 6.53. The van der Waals surface area contributed by atoms with Crippen molar-refractivity contribution in [3.8, 4) is 33.1 Å². The van der Waals surface area contributed by atoms with Crippen LogP contribution in [0, 0.1) is 5.13 Å². The highest BCUT2D eigenvalue weighted by Gasteiger charge is 2.16. The first-order chi connectivity index (χ1) is 16.5. The van der Waals surface area contributed by atoms with Crippen LogP contribution in [0.2, 0.25) is 0 Å². The monoisotopic (exact) mass is 469 g/mol. The molecule has 168 valence electrons. The van der Waals surface area contributed by atoms with E-state index in [1.165, 1.54) is 6.07 Å². The molecule has 9 heteroatoms. The molecule has 6 rings (SSSR count). The van der Waals surface area contributed by atoms with Crippen molar-refractivity contribution in [1.82, 2.24) is 35.0 Å². The molecule has 7 nitrogen and oxygen atoms in total. The molecule has 6 aromatic heterocycles. The van der Waals surface area contributed by atoms with Gasteiger partial charge in [-0.15, -0.1) is 11.3 Å². The Hall–Kier alpha value is -3.95. The molecule has 0 saturated heterocycles. The molecular formula is C25H20FN7S. The molecule has 0 spiro atoms. The van der Waals surface area contributed by atoms with Gasteiger partial charge in [-0.05, 0) is 62.1 Å². The summed E-state index contributed by atoms with van der Waals surface area (Å²) < 4.78 is 13.6. The minimum absolute atomic E-state index is 0.213. The SMILES string of the molecule is CN(C)Cc1cncc(-c2ccc3[nH]nc(-c4cc5c(-c6ccc(F)s6)ccnc5[nH]4)c3n2)c1. The molecule has 0 aliphatic carbocycles. The highest BCUT2D eigenvalue weighted by atomic mass is 32.1. The highest BCUT2D eigenvalue weighted by Crippen LogP contribution is 2.35. The minimum Gasteiger partial charge on any atom is -0.338 e. The zero-order chi connectivity index (χ0) is 23.2. The number of aromatic nitrogens is 6. The lowest BCUT2D eigenvalue weighted by molar-refractivity contribution is 0.402. The first kappa shape index (κ1) is 20.6. The normalized spacial score (nSPS) is 11.8. The second-order valence-corrected chi connectivity index (χ2v) is 9.43. The van der Waals surface area contributed by atoms with E-state index in [4.69, 9.17) is 4.98 Å². The molecule has 0 fully saturated rings. The van der Waals surface area contributed by atoms with Crippen LogP contribution in [0.1, 0.15) is 5.56 Å². The summed E-state index contributed by atoms with van der Waals surface area (Å²) in [5, 5.41) is 8.30. The van der Waals surface area contributed by atoms with Crippen LogP contribution in [-0.4, -0.2) is 49.1 Å². The second kappa shape index (κ2) is 8.12. The Morgan fingerprint density at radius 2 is 1.97 bits per heavy atom. The number of aromatic amines is 2. The average molecular weight is 470 g/mol. The number of hydrogen-bond acceptors (Lipinski definition) is 6. The van der Waals surface area contributed by atoms with Gasteiger partial charge in [0.2, 0.25) is 0 Å². The Morgan fingerprint density at radius 3 is 2.79 bits per heavy atom. The molecule has 0 bridgehead atoms. The van der Waals surface area contributed by atoms with Crippen LogP contribution in [0.3, 0.4) is 0 Å². The van der Waals surface area contributed by atoms with Gasteiger partial charge in [0.15, 0.2) is 5.13 Å². The van der Waals surface area contributed by atoms with Crippen LogP contribution in [0.5, 0.6) is 0 Å². The molecule has 0 aliphatic rings. The first-order valence-electron chi connectivity index (χ1n) is 10.7. The first-order valence-corrected chi connectivity index (χ1v) is 11.5. The lowest BCUT2D eigenvalue weighted by atomic mass is 10.1. The summed E-state index contributed by atoms with van der Waals surface area (Å²) in [5.41, 5.74) is 7.64. The number of halogens is 1. The fraction of sp³-hybridized carbons (Fsp3) is 0.120. The summed E-state index contributed by atoms with van der Waals surface area (Å²) in [6.07, 6.45) is 5.43. The van der Waals surface area contributed by atoms with Gasteiger partial charge in [-0.2, -0.15) is 9.49 Å². The summed E-state index contributed by atoms with van der Waals surface area (Å²) in [6.45, 7) is 0.804. The number of fused-ring (bicyclic) bond motifs is 2. The van der Waals surface area contributed by atoms with Gasteiger partial charge in [0.25, 0.3) is 0 Å². The van der Waals surface area contributed by atoms with Gasteiger partial charge in [-0.3, -0.25) is 10.1 Å². The van der Waals surface area contributed by atoms with Crippen LogP contribution < -0.4 is 0 Å². The van der Waals surface area contributed by atoms with E-state index in [0.29, 0.717) is 11.3 Å². The van der Waals surface area contributed by atoms with Crippen LogP contribution in [0.25, 0.3) is 55.2 Å². The zero-order valence-corrected chi connectivity index (χ0v) is 19.3. The summed E-state index contributed by atoms with van der Waals surface area (Å²) in [5.74, 6) is 0. The smallest absolute Gasteiger partial charge is 0.176 e. The Kier molecular flexibility index (Phi) is 4.93. The molecule has 0 atom stereocenters. The predicted molar refractivity (Wildman–Crippen MR) is 133 cm³/mol. The number of pyridine rings is 3. The molecule has 0 amide bonds. The Morgan fingerprint density at radius 1 is 1.06 bits per heavy atom. The van der Waals surface area contributed by atoms with E-state index in [2.05, 4.69) is 36.1 Å². The van der Waals surface area contributed by atoms with E-state index < -0.39 is 0 Å². The number of rotatable bonds is 5. The van der Waals surface area contributed by atoms with Gasteiger partial charge in [-0.25, -0.2) is 9.97 Å². The molecule has 0 aliphatic heterocycles. The van der Waals surface area contributed by atoms with Gasteiger partial charge < -0.3 is 9.88 Å². The van der Waals surface area contributed by atoms with E-state index in [-0.39, 0.29) is 5.13 Å². The van der Waals surface area contributed by atoms with Gasteiger partial charge in [0.05, 0.1) is 16.9 Å². The maximum absolute atomic E-state index is 13.6. The van der Waals surface area contributed by atoms with Gasteiger partial charge in [-0.1, -0.05) is 0 Å². The molecule has 6 aromatic rings. The van der Waals surface area contributed by atoms with Crippen molar-refractivity contribution < 1.29 is 4.39 Å². The van der Waals surface area contributed by atoms with E-state index in [1.54, 1.807) is 12.3 Å². The summed E-state index contributed by atoms with van der Waals surface area (Å²) in [4.78, 5) is 20.1. The summed E-state index contributed by atoms with van der Waals surface area (Å²) >= 11 is 1.12. The fourth-order valence-corrected chi connectivity index (χ4v) is 4.93.